The lowest BCUT2D eigenvalue weighted by Crippen LogP contribution is -2.36. The van der Waals surface area contributed by atoms with E-state index in [9.17, 15) is 0 Å². The summed E-state index contributed by atoms with van der Waals surface area (Å²) in [7, 11) is 5.25. The Bertz CT molecular complexity index is 440. The maximum absolute atomic E-state index is 6.47. The molecule has 20 heavy (non-hydrogen) atoms. The summed E-state index contributed by atoms with van der Waals surface area (Å²) in [4.78, 5) is 2.24. The Morgan fingerprint density at radius 2 is 1.95 bits per heavy atom. The van der Waals surface area contributed by atoms with Crippen molar-refractivity contribution in [3.05, 3.63) is 22.7 Å². The van der Waals surface area contributed by atoms with E-state index >= 15 is 0 Å². The number of ether oxygens (including phenoxy) is 2. The van der Waals surface area contributed by atoms with Crippen LogP contribution >= 0.6 is 11.6 Å². The highest BCUT2D eigenvalue weighted by Crippen LogP contribution is 2.40. The van der Waals surface area contributed by atoms with Crippen LogP contribution in [0.4, 0.5) is 0 Å². The number of hydrogen-bond donors (Lipinski definition) is 1. The second-order valence-corrected chi connectivity index (χ2v) is 5.26. The SMILES string of the molecule is CCC(C)N(C)C(CN)c1ccc(OC)c(OC)c1Cl. The average Bonchev–Trinajstić information content (AvgIpc) is 2.47. The molecule has 0 spiro atoms. The summed E-state index contributed by atoms with van der Waals surface area (Å²) >= 11 is 6.47. The van der Waals surface area contributed by atoms with Gasteiger partial charge in [-0.3, -0.25) is 4.90 Å². The maximum atomic E-state index is 6.47. The Morgan fingerprint density at radius 1 is 1.30 bits per heavy atom. The molecule has 2 N–H and O–H groups in total. The molecule has 0 bridgehead atoms. The second kappa shape index (κ2) is 7.72. The number of nitrogens with two attached hydrogens (primary N) is 1. The molecule has 4 nitrogen and oxygen atoms in total. The lowest BCUT2D eigenvalue weighted by molar-refractivity contribution is 0.184. The Kier molecular flexibility index (Phi) is 6.59. The third kappa shape index (κ3) is 3.37. The number of methoxy groups -OCH3 is 2. The van der Waals surface area contributed by atoms with Gasteiger partial charge in [0.25, 0.3) is 0 Å². The molecule has 2 atom stereocenters. The van der Waals surface area contributed by atoms with Gasteiger partial charge in [0.1, 0.15) is 0 Å². The first-order valence-electron chi connectivity index (χ1n) is 6.84. The van der Waals surface area contributed by atoms with Crippen LogP contribution in [0.25, 0.3) is 0 Å². The lowest BCUT2D eigenvalue weighted by atomic mass is 10.0. The molecule has 5 heteroatoms. The number of nitrogens with zero attached hydrogens (tertiary/aromatic N) is 1. The highest BCUT2D eigenvalue weighted by molar-refractivity contribution is 6.33. The zero-order valence-electron chi connectivity index (χ0n) is 12.9. The first-order valence-corrected chi connectivity index (χ1v) is 7.21. The van der Waals surface area contributed by atoms with E-state index in [4.69, 9.17) is 26.8 Å². The molecule has 1 rings (SSSR count). The lowest BCUT2D eigenvalue weighted by Gasteiger charge is -2.33. The van der Waals surface area contributed by atoms with Crippen molar-refractivity contribution in [2.75, 3.05) is 27.8 Å². The van der Waals surface area contributed by atoms with E-state index in [2.05, 4.69) is 25.8 Å². The third-order valence-electron chi connectivity index (χ3n) is 3.87. The average molecular weight is 301 g/mol. The Labute approximate surface area is 126 Å². The first kappa shape index (κ1) is 17.1. The fourth-order valence-electron chi connectivity index (χ4n) is 2.27. The van der Waals surface area contributed by atoms with E-state index in [-0.39, 0.29) is 6.04 Å². The van der Waals surface area contributed by atoms with Crippen molar-refractivity contribution in [3.8, 4) is 11.5 Å². The van der Waals surface area contributed by atoms with E-state index in [0.717, 1.165) is 12.0 Å². The standard InChI is InChI=1S/C15H25ClN2O2/c1-6-10(2)18(3)12(9-17)11-7-8-13(19-4)15(20-5)14(11)16/h7-8,10,12H,6,9,17H2,1-5H3. The molecule has 0 heterocycles. The smallest absolute Gasteiger partial charge is 0.179 e. The van der Waals surface area contributed by atoms with E-state index in [1.54, 1.807) is 14.2 Å². The molecule has 0 aliphatic heterocycles. The Balaban J connectivity index is 3.23. The highest BCUT2D eigenvalue weighted by atomic mass is 35.5. The maximum Gasteiger partial charge on any atom is 0.179 e. The van der Waals surface area contributed by atoms with E-state index in [0.29, 0.717) is 29.1 Å². The quantitative estimate of drug-likeness (QED) is 0.840. The molecule has 0 aliphatic carbocycles. The molecule has 114 valence electrons. The van der Waals surface area contributed by atoms with Crippen LogP contribution < -0.4 is 15.2 Å². The van der Waals surface area contributed by atoms with Gasteiger partial charge in [-0.15, -0.1) is 0 Å². The Morgan fingerprint density at radius 3 is 2.40 bits per heavy atom. The van der Waals surface area contributed by atoms with Gasteiger partial charge in [-0.25, -0.2) is 0 Å². The molecule has 0 fully saturated rings. The van der Waals surface area contributed by atoms with Crippen molar-refractivity contribution in [2.45, 2.75) is 32.4 Å². The summed E-state index contributed by atoms with van der Waals surface area (Å²) < 4.78 is 10.6. The normalized spacial score (nSPS) is 14.2. The highest BCUT2D eigenvalue weighted by Gasteiger charge is 2.24. The van der Waals surface area contributed by atoms with Crippen LogP contribution in [0.1, 0.15) is 31.9 Å². The summed E-state index contributed by atoms with van der Waals surface area (Å²) in [6.45, 7) is 4.83. The van der Waals surface area contributed by atoms with Crippen molar-refractivity contribution < 1.29 is 9.47 Å². The van der Waals surface area contributed by atoms with Gasteiger partial charge in [-0.05, 0) is 32.0 Å². The zero-order valence-corrected chi connectivity index (χ0v) is 13.7. The molecule has 0 saturated carbocycles. The number of rotatable bonds is 7. The molecule has 2 unspecified atom stereocenters. The molecule has 0 radical (unpaired) electrons. The largest absolute Gasteiger partial charge is 0.493 e. The van der Waals surface area contributed by atoms with Crippen LogP contribution in [-0.2, 0) is 0 Å². The predicted octanol–water partition coefficient (Wildman–Crippen LogP) is 3.09. The van der Waals surface area contributed by atoms with Gasteiger partial charge >= 0.3 is 0 Å². The molecule has 1 aromatic carbocycles. The summed E-state index contributed by atoms with van der Waals surface area (Å²) in [5.41, 5.74) is 6.92. The summed E-state index contributed by atoms with van der Waals surface area (Å²) in [5.74, 6) is 1.19. The second-order valence-electron chi connectivity index (χ2n) is 4.88. The van der Waals surface area contributed by atoms with Crippen LogP contribution in [-0.4, -0.2) is 38.8 Å². The number of likely N-dealkylation sites (N-methyl/N-ethyl adjacent to an activating group) is 1. The van der Waals surface area contributed by atoms with Gasteiger partial charge in [0.05, 0.1) is 19.2 Å². The number of benzene rings is 1. The molecular formula is C15H25ClN2O2. The molecule has 0 aliphatic rings. The topological polar surface area (TPSA) is 47.7 Å². The number of halogens is 1. The fourth-order valence-corrected chi connectivity index (χ4v) is 2.63. The summed E-state index contributed by atoms with van der Waals surface area (Å²) in [6, 6.07) is 4.30. The van der Waals surface area contributed by atoms with Gasteiger partial charge < -0.3 is 15.2 Å². The third-order valence-corrected chi connectivity index (χ3v) is 4.26. The molecule has 0 saturated heterocycles. The summed E-state index contributed by atoms with van der Waals surface area (Å²) in [5, 5.41) is 0.567. The van der Waals surface area contributed by atoms with Crippen LogP contribution in [0.2, 0.25) is 5.02 Å². The Hall–Kier alpha value is -0.970. The minimum Gasteiger partial charge on any atom is -0.493 e. The minimum atomic E-state index is 0.0530. The van der Waals surface area contributed by atoms with E-state index < -0.39 is 0 Å². The van der Waals surface area contributed by atoms with Gasteiger partial charge in [-0.1, -0.05) is 24.6 Å². The van der Waals surface area contributed by atoms with Crippen LogP contribution in [0.3, 0.4) is 0 Å². The van der Waals surface area contributed by atoms with Crippen molar-refractivity contribution in [3.63, 3.8) is 0 Å². The van der Waals surface area contributed by atoms with Crippen LogP contribution in [0, 0.1) is 0 Å². The molecule has 1 aromatic rings. The van der Waals surface area contributed by atoms with Crippen molar-refractivity contribution in [1.29, 1.82) is 0 Å². The monoisotopic (exact) mass is 300 g/mol. The first-order chi connectivity index (χ1) is 9.51. The fraction of sp³-hybridized carbons (Fsp3) is 0.600. The molecule has 0 amide bonds. The zero-order chi connectivity index (χ0) is 15.3. The van der Waals surface area contributed by atoms with Gasteiger partial charge in [0.15, 0.2) is 11.5 Å². The molecular weight excluding hydrogens is 276 g/mol. The van der Waals surface area contributed by atoms with E-state index in [1.807, 2.05) is 12.1 Å². The summed E-state index contributed by atoms with van der Waals surface area (Å²) in [6.07, 6.45) is 1.05. The van der Waals surface area contributed by atoms with Crippen LogP contribution in [0.15, 0.2) is 12.1 Å². The number of hydrogen-bond acceptors (Lipinski definition) is 4. The van der Waals surface area contributed by atoms with Crippen LogP contribution in [0.5, 0.6) is 11.5 Å². The van der Waals surface area contributed by atoms with Gasteiger partial charge in [0, 0.05) is 18.6 Å². The predicted molar refractivity (Wildman–Crippen MR) is 83.9 cm³/mol. The van der Waals surface area contributed by atoms with Crippen molar-refractivity contribution >= 4 is 11.6 Å². The van der Waals surface area contributed by atoms with Crippen molar-refractivity contribution in [2.24, 2.45) is 5.73 Å². The minimum absolute atomic E-state index is 0.0530. The van der Waals surface area contributed by atoms with Gasteiger partial charge in [-0.2, -0.15) is 0 Å². The van der Waals surface area contributed by atoms with E-state index in [1.165, 1.54) is 0 Å². The van der Waals surface area contributed by atoms with Gasteiger partial charge in [0.2, 0.25) is 0 Å². The van der Waals surface area contributed by atoms with Crippen molar-refractivity contribution in [1.82, 2.24) is 4.90 Å². The molecule has 0 aromatic heterocycles.